The largest absolute Gasteiger partial charge is 0.508 e. The third-order valence-electron chi connectivity index (χ3n) is 12.0. The van der Waals surface area contributed by atoms with Gasteiger partial charge in [0.1, 0.15) is 11.6 Å². The number of aromatic hydroxyl groups is 1. The summed E-state index contributed by atoms with van der Waals surface area (Å²) in [7, 11) is 0. The van der Waals surface area contributed by atoms with E-state index in [2.05, 4.69) is 216 Å². The number of aromatic nitrogens is 3. The molecule has 5 aromatic carbocycles. The molecule has 5 nitrogen and oxygen atoms in total. The fraction of sp³-hybridized carbons (Fsp3) is 0.351. The normalized spacial score (nSPS) is 12.8. The Morgan fingerprint density at radius 1 is 0.500 bits per heavy atom. The second-order valence-corrected chi connectivity index (χ2v) is 22.2. The number of phenols is 1. The zero-order chi connectivity index (χ0) is 45.3. The summed E-state index contributed by atoms with van der Waals surface area (Å²) in [6.45, 7) is 41.3. The molecule has 7 aromatic rings. The van der Waals surface area contributed by atoms with Crippen LogP contribution in [0.25, 0.3) is 66.6 Å². The third-order valence-corrected chi connectivity index (χ3v) is 12.0. The molecular weight excluding hydrogens is 757 g/mol. The number of nitrogens with zero attached hydrogens (tertiary/aromatic N) is 4. The van der Waals surface area contributed by atoms with Crippen LogP contribution in [-0.2, 0) is 27.1 Å². The molecule has 318 valence electrons. The van der Waals surface area contributed by atoms with Gasteiger partial charge in [0, 0.05) is 22.3 Å². The molecule has 0 saturated carbocycles. The Morgan fingerprint density at radius 3 is 1.66 bits per heavy atom. The van der Waals surface area contributed by atoms with Gasteiger partial charge in [0.05, 0.1) is 34.7 Å². The van der Waals surface area contributed by atoms with Crippen LogP contribution >= 0.6 is 0 Å². The number of fused-ring (bicyclic) bond motifs is 1. The van der Waals surface area contributed by atoms with E-state index in [9.17, 15) is 5.11 Å². The summed E-state index contributed by atoms with van der Waals surface area (Å²) in [5.41, 5.74) is 13.4. The second-order valence-electron chi connectivity index (χ2n) is 22.2. The number of hydrogen-bond donors (Lipinski definition) is 1. The Kier molecular flexibility index (Phi) is 11.0. The van der Waals surface area contributed by atoms with Crippen molar-refractivity contribution < 1.29 is 5.11 Å². The van der Waals surface area contributed by atoms with E-state index in [4.69, 9.17) is 16.5 Å². The summed E-state index contributed by atoms with van der Waals surface area (Å²) in [6.07, 6.45) is 0. The highest BCUT2D eigenvalue weighted by Crippen LogP contribution is 2.50. The Hall–Kier alpha value is -5.99. The van der Waals surface area contributed by atoms with Crippen molar-refractivity contribution in [1.29, 1.82) is 0 Å². The molecule has 0 amide bonds. The minimum atomic E-state index is -0.376. The molecular formula is C57H64N4O. The van der Waals surface area contributed by atoms with E-state index in [1.807, 2.05) is 6.07 Å². The highest BCUT2D eigenvalue weighted by molar-refractivity contribution is 5.90. The molecule has 0 radical (unpaired) electrons. The number of benzene rings is 5. The maximum Gasteiger partial charge on any atom is 0.203 e. The summed E-state index contributed by atoms with van der Waals surface area (Å²) in [5.74, 6) is 0.956. The van der Waals surface area contributed by atoms with Crippen LogP contribution in [0.1, 0.15) is 132 Å². The maximum absolute atomic E-state index is 12.3. The van der Waals surface area contributed by atoms with Crippen molar-refractivity contribution in [3.63, 3.8) is 0 Å². The molecule has 7 rings (SSSR count). The molecule has 0 aliphatic heterocycles. The molecule has 0 bridgehead atoms. The fourth-order valence-electron chi connectivity index (χ4n) is 8.25. The van der Waals surface area contributed by atoms with Crippen molar-refractivity contribution in [3.8, 4) is 56.5 Å². The van der Waals surface area contributed by atoms with Crippen molar-refractivity contribution in [3.05, 3.63) is 148 Å². The summed E-state index contributed by atoms with van der Waals surface area (Å²) in [4.78, 5) is 15.0. The van der Waals surface area contributed by atoms with Crippen LogP contribution in [0.5, 0.6) is 5.75 Å². The molecule has 2 heterocycles. The second kappa shape index (κ2) is 15.4. The minimum absolute atomic E-state index is 0.0417. The van der Waals surface area contributed by atoms with E-state index >= 15 is 0 Å². The Balaban J connectivity index is 1.56. The lowest BCUT2D eigenvalue weighted by atomic mass is 9.77. The summed E-state index contributed by atoms with van der Waals surface area (Å²) in [5, 5.41) is 12.3. The lowest BCUT2D eigenvalue weighted by molar-refractivity contribution is 0.447. The number of rotatable bonds is 5. The maximum atomic E-state index is 12.3. The van der Waals surface area contributed by atoms with Gasteiger partial charge in [-0.15, -0.1) is 0 Å². The SMILES string of the molecule is [C-]#[N+]c1c(C(C)(C)C)cc(C(C)(C)C)c(O)c1-c1cc(C(C)(C)C)cc(-c2cc(-c3nc4ccccc4n3-c3ccc(C(C)(C)C)cc3-c3ccccc3)cc(C(C)(C)C)c2)n1. The van der Waals surface area contributed by atoms with Gasteiger partial charge in [-0.1, -0.05) is 158 Å². The molecule has 0 spiro atoms. The smallest absolute Gasteiger partial charge is 0.203 e. The van der Waals surface area contributed by atoms with Crippen LogP contribution in [0.4, 0.5) is 5.69 Å². The third kappa shape index (κ3) is 8.45. The van der Waals surface area contributed by atoms with Crippen molar-refractivity contribution in [2.75, 3.05) is 0 Å². The predicted molar refractivity (Wildman–Crippen MR) is 262 cm³/mol. The van der Waals surface area contributed by atoms with E-state index in [0.29, 0.717) is 16.9 Å². The Morgan fingerprint density at radius 2 is 1.06 bits per heavy atom. The fourth-order valence-corrected chi connectivity index (χ4v) is 8.25. The van der Waals surface area contributed by atoms with Crippen LogP contribution in [-0.4, -0.2) is 19.6 Å². The highest BCUT2D eigenvalue weighted by atomic mass is 16.3. The van der Waals surface area contributed by atoms with Crippen LogP contribution in [0.3, 0.4) is 0 Å². The van der Waals surface area contributed by atoms with Crippen LogP contribution < -0.4 is 0 Å². The van der Waals surface area contributed by atoms with Gasteiger partial charge in [0.2, 0.25) is 5.69 Å². The number of phenolic OH excluding ortho intramolecular Hbond substituents is 1. The lowest BCUT2D eigenvalue weighted by Crippen LogP contribution is -2.18. The van der Waals surface area contributed by atoms with Gasteiger partial charge in [-0.25, -0.2) is 14.8 Å². The predicted octanol–water partition coefficient (Wildman–Crippen LogP) is 15.8. The van der Waals surface area contributed by atoms with Crippen LogP contribution in [0, 0.1) is 6.57 Å². The first-order chi connectivity index (χ1) is 28.8. The zero-order valence-corrected chi connectivity index (χ0v) is 39.6. The summed E-state index contributed by atoms with van der Waals surface area (Å²) < 4.78 is 2.33. The van der Waals surface area contributed by atoms with Gasteiger partial charge in [-0.05, 0) is 115 Å². The molecule has 2 aromatic heterocycles. The summed E-state index contributed by atoms with van der Waals surface area (Å²) >= 11 is 0. The van der Waals surface area contributed by atoms with E-state index in [1.165, 1.54) is 5.56 Å². The molecule has 62 heavy (non-hydrogen) atoms. The van der Waals surface area contributed by atoms with Gasteiger partial charge < -0.3 is 5.11 Å². The number of imidazole rings is 1. The zero-order valence-electron chi connectivity index (χ0n) is 39.6. The minimum Gasteiger partial charge on any atom is -0.508 e. The van der Waals surface area contributed by atoms with E-state index in [0.717, 1.165) is 72.7 Å². The first-order valence-corrected chi connectivity index (χ1v) is 21.9. The lowest BCUT2D eigenvalue weighted by Gasteiger charge is -2.29. The topological polar surface area (TPSA) is 55.3 Å². The first kappa shape index (κ1) is 44.1. The molecule has 0 aliphatic carbocycles. The van der Waals surface area contributed by atoms with Crippen LogP contribution in [0.2, 0.25) is 0 Å². The molecule has 1 N–H and O–H groups in total. The number of para-hydroxylation sites is 2. The Bertz CT molecular complexity index is 2870. The molecule has 0 atom stereocenters. The van der Waals surface area contributed by atoms with Gasteiger partial charge in [0.15, 0.2) is 0 Å². The van der Waals surface area contributed by atoms with E-state index in [1.54, 1.807) is 0 Å². The average Bonchev–Trinajstić information content (AvgIpc) is 3.58. The molecule has 0 fully saturated rings. The van der Waals surface area contributed by atoms with Crippen molar-refractivity contribution in [2.45, 2.75) is 131 Å². The monoisotopic (exact) mass is 821 g/mol. The van der Waals surface area contributed by atoms with Crippen molar-refractivity contribution in [1.82, 2.24) is 14.5 Å². The van der Waals surface area contributed by atoms with Crippen molar-refractivity contribution in [2.24, 2.45) is 0 Å². The number of pyridine rings is 1. The average molecular weight is 821 g/mol. The van der Waals surface area contributed by atoms with Gasteiger partial charge in [-0.2, -0.15) is 0 Å². The summed E-state index contributed by atoms with van der Waals surface area (Å²) in [6, 6.07) is 39.0. The molecule has 0 unspecified atom stereocenters. The highest BCUT2D eigenvalue weighted by Gasteiger charge is 2.32. The first-order valence-electron chi connectivity index (χ1n) is 21.9. The standard InChI is InChI=1S/C57H64N4O/c1-53(2,3)38-26-27-47(41(31-38)35-22-18-17-19-23-35)61-48-25-21-20-24-44(48)60-52(61)37-28-36(29-39(30-37)54(4,5)6)45-32-40(55(7,8)9)33-46(59-45)49-50(58-16)42(56(10,11)12)34-43(51(49)62)57(13,14)15/h17-34,62H,1-15H3. The van der Waals surface area contributed by atoms with E-state index < -0.39 is 0 Å². The van der Waals surface area contributed by atoms with Crippen LogP contribution in [0.15, 0.2) is 109 Å². The van der Waals surface area contributed by atoms with Gasteiger partial charge in [-0.3, -0.25) is 4.57 Å². The van der Waals surface area contributed by atoms with Crippen molar-refractivity contribution >= 4 is 16.7 Å². The molecule has 5 heteroatoms. The van der Waals surface area contributed by atoms with E-state index in [-0.39, 0.29) is 32.8 Å². The van der Waals surface area contributed by atoms with Gasteiger partial charge >= 0.3 is 0 Å². The van der Waals surface area contributed by atoms with Gasteiger partial charge in [0.25, 0.3) is 0 Å². The molecule has 0 aliphatic rings. The Labute approximate surface area is 370 Å². The molecule has 0 saturated heterocycles. The number of hydrogen-bond acceptors (Lipinski definition) is 3. The quantitative estimate of drug-likeness (QED) is 0.176.